The minimum absolute atomic E-state index is 0.0426. The zero-order valence-corrected chi connectivity index (χ0v) is 14.0. The minimum Gasteiger partial charge on any atom is -0.339 e. The Bertz CT molecular complexity index is 578. The second-order valence-corrected chi connectivity index (χ2v) is 6.83. The molecule has 0 heterocycles. The fraction of sp³-hybridized carbons (Fsp3) is 0.579. The van der Waals surface area contributed by atoms with Crippen molar-refractivity contribution in [2.45, 2.75) is 39.5 Å². The number of rotatable bonds is 5. The lowest BCUT2D eigenvalue weighted by Crippen LogP contribution is -2.30. The van der Waals surface area contributed by atoms with Crippen LogP contribution in [-0.4, -0.2) is 29.8 Å². The van der Waals surface area contributed by atoms with Crippen molar-refractivity contribution in [3.05, 3.63) is 29.8 Å². The third-order valence-corrected chi connectivity index (χ3v) is 5.52. The summed E-state index contributed by atoms with van der Waals surface area (Å²) in [7, 11) is 0. The molecule has 0 aliphatic heterocycles. The van der Waals surface area contributed by atoms with Gasteiger partial charge in [-0.05, 0) is 69.2 Å². The van der Waals surface area contributed by atoms with E-state index in [1.807, 2.05) is 26.0 Å². The summed E-state index contributed by atoms with van der Waals surface area (Å²) >= 11 is 0. The molecule has 2 fully saturated rings. The maximum Gasteiger partial charge on any atom is 0.253 e. The number of nitrogens with zero attached hydrogens (tertiary/aromatic N) is 1. The van der Waals surface area contributed by atoms with Crippen LogP contribution in [-0.2, 0) is 4.79 Å². The molecule has 4 heteroatoms. The van der Waals surface area contributed by atoms with E-state index in [0.717, 1.165) is 18.0 Å². The first kappa shape index (κ1) is 16.0. The summed E-state index contributed by atoms with van der Waals surface area (Å²) in [4.78, 5) is 26.5. The van der Waals surface area contributed by atoms with Crippen LogP contribution < -0.4 is 5.32 Å². The maximum absolute atomic E-state index is 12.4. The van der Waals surface area contributed by atoms with Gasteiger partial charge in [-0.2, -0.15) is 0 Å². The van der Waals surface area contributed by atoms with E-state index >= 15 is 0 Å². The van der Waals surface area contributed by atoms with Crippen LogP contribution in [0.1, 0.15) is 49.9 Å². The number of anilines is 1. The van der Waals surface area contributed by atoms with Gasteiger partial charge >= 0.3 is 0 Å². The fourth-order valence-corrected chi connectivity index (χ4v) is 4.19. The molecule has 2 amide bonds. The predicted molar refractivity (Wildman–Crippen MR) is 91.3 cm³/mol. The van der Waals surface area contributed by atoms with E-state index in [-0.39, 0.29) is 17.7 Å². The average Bonchev–Trinajstić information content (AvgIpc) is 3.19. The Morgan fingerprint density at radius 3 is 2.30 bits per heavy atom. The minimum atomic E-state index is 0.0426. The van der Waals surface area contributed by atoms with Crippen LogP contribution in [0, 0.1) is 17.8 Å². The Morgan fingerprint density at radius 1 is 1.09 bits per heavy atom. The first-order valence-corrected chi connectivity index (χ1v) is 8.82. The van der Waals surface area contributed by atoms with E-state index in [1.165, 1.54) is 19.3 Å². The molecule has 2 saturated carbocycles. The molecule has 0 saturated heterocycles. The summed E-state index contributed by atoms with van der Waals surface area (Å²) in [5, 5.41) is 3.03. The number of hydrogen-bond donors (Lipinski definition) is 1. The Morgan fingerprint density at radius 2 is 1.78 bits per heavy atom. The third kappa shape index (κ3) is 3.26. The number of carbonyl (C=O) groups excluding carboxylic acids is 2. The normalized spacial score (nSPS) is 25.4. The number of amides is 2. The zero-order valence-electron chi connectivity index (χ0n) is 14.0. The molecule has 1 N–H and O–H groups in total. The topological polar surface area (TPSA) is 49.4 Å². The van der Waals surface area contributed by atoms with Gasteiger partial charge in [0.15, 0.2) is 0 Å². The Kier molecular flexibility index (Phi) is 4.69. The van der Waals surface area contributed by atoms with Crippen molar-refractivity contribution < 1.29 is 9.59 Å². The number of fused-ring (bicyclic) bond motifs is 2. The van der Waals surface area contributed by atoms with Crippen molar-refractivity contribution in [3.8, 4) is 0 Å². The molecule has 1 aromatic rings. The molecule has 23 heavy (non-hydrogen) atoms. The molecule has 0 spiro atoms. The third-order valence-electron chi connectivity index (χ3n) is 5.52. The first-order chi connectivity index (χ1) is 11.1. The molecule has 0 radical (unpaired) electrons. The summed E-state index contributed by atoms with van der Waals surface area (Å²) < 4.78 is 0. The van der Waals surface area contributed by atoms with Gasteiger partial charge in [-0.3, -0.25) is 9.59 Å². The van der Waals surface area contributed by atoms with Gasteiger partial charge in [-0.1, -0.05) is 6.42 Å². The van der Waals surface area contributed by atoms with Gasteiger partial charge in [0.2, 0.25) is 5.91 Å². The molecule has 0 aromatic heterocycles. The summed E-state index contributed by atoms with van der Waals surface area (Å²) in [5.41, 5.74) is 1.46. The van der Waals surface area contributed by atoms with Gasteiger partial charge in [0.25, 0.3) is 5.91 Å². The monoisotopic (exact) mass is 314 g/mol. The van der Waals surface area contributed by atoms with E-state index in [0.29, 0.717) is 24.6 Å². The van der Waals surface area contributed by atoms with E-state index in [9.17, 15) is 9.59 Å². The van der Waals surface area contributed by atoms with E-state index in [1.54, 1.807) is 17.0 Å². The molecular weight excluding hydrogens is 288 g/mol. The SMILES string of the molecule is CCN(CC)C(=O)c1ccc(NC(=O)[C@@H]2C[C@H]3CC[C@H]2C3)cc1. The molecule has 2 aliphatic carbocycles. The Balaban J connectivity index is 1.61. The van der Waals surface area contributed by atoms with Crippen molar-refractivity contribution in [1.82, 2.24) is 4.90 Å². The van der Waals surface area contributed by atoms with E-state index in [4.69, 9.17) is 0 Å². The predicted octanol–water partition coefficient (Wildman–Crippen LogP) is 3.54. The van der Waals surface area contributed by atoms with Gasteiger partial charge in [-0.15, -0.1) is 0 Å². The van der Waals surface area contributed by atoms with Crippen LogP contribution in [0.4, 0.5) is 5.69 Å². The van der Waals surface area contributed by atoms with Crippen molar-refractivity contribution in [3.63, 3.8) is 0 Å². The molecule has 4 nitrogen and oxygen atoms in total. The number of hydrogen-bond acceptors (Lipinski definition) is 2. The van der Waals surface area contributed by atoms with Crippen molar-refractivity contribution in [2.75, 3.05) is 18.4 Å². The molecule has 3 rings (SSSR count). The molecule has 1 aromatic carbocycles. The Labute approximate surface area is 138 Å². The van der Waals surface area contributed by atoms with Gasteiger partial charge in [-0.25, -0.2) is 0 Å². The van der Waals surface area contributed by atoms with E-state index < -0.39 is 0 Å². The van der Waals surface area contributed by atoms with Crippen LogP contribution in [0.3, 0.4) is 0 Å². The van der Waals surface area contributed by atoms with Crippen LogP contribution in [0.5, 0.6) is 0 Å². The summed E-state index contributed by atoms with van der Waals surface area (Å²) in [6, 6.07) is 7.28. The summed E-state index contributed by atoms with van der Waals surface area (Å²) in [6.07, 6.45) is 4.79. The van der Waals surface area contributed by atoms with Crippen LogP contribution >= 0.6 is 0 Å². The van der Waals surface area contributed by atoms with Crippen molar-refractivity contribution >= 4 is 17.5 Å². The van der Waals surface area contributed by atoms with Gasteiger partial charge in [0.05, 0.1) is 0 Å². The highest BCUT2D eigenvalue weighted by Crippen LogP contribution is 2.48. The van der Waals surface area contributed by atoms with Crippen molar-refractivity contribution in [1.29, 1.82) is 0 Å². The molecular formula is C19H26N2O2. The molecule has 2 aliphatic rings. The highest BCUT2D eigenvalue weighted by Gasteiger charge is 2.42. The molecule has 2 bridgehead atoms. The second kappa shape index (κ2) is 6.73. The lowest BCUT2D eigenvalue weighted by Gasteiger charge is -2.21. The molecule has 0 unspecified atom stereocenters. The largest absolute Gasteiger partial charge is 0.339 e. The fourth-order valence-electron chi connectivity index (χ4n) is 4.19. The number of carbonyl (C=O) groups is 2. The smallest absolute Gasteiger partial charge is 0.253 e. The first-order valence-electron chi connectivity index (χ1n) is 8.82. The highest BCUT2D eigenvalue weighted by atomic mass is 16.2. The van der Waals surface area contributed by atoms with Gasteiger partial charge in [0.1, 0.15) is 0 Å². The van der Waals surface area contributed by atoms with Gasteiger partial charge < -0.3 is 10.2 Å². The van der Waals surface area contributed by atoms with Crippen LogP contribution in [0.15, 0.2) is 24.3 Å². The summed E-state index contributed by atoms with van der Waals surface area (Å²) in [6.45, 7) is 5.37. The standard InChI is InChI=1S/C19H26N2O2/c1-3-21(4-2)19(23)14-7-9-16(10-8-14)20-18(22)17-12-13-5-6-15(17)11-13/h7-10,13,15,17H,3-6,11-12H2,1-2H3,(H,20,22)/t13-,15-,17+/m0/s1. The van der Waals surface area contributed by atoms with Gasteiger partial charge in [0, 0.05) is 30.3 Å². The Hall–Kier alpha value is -1.84. The summed E-state index contributed by atoms with van der Waals surface area (Å²) in [5.74, 6) is 1.74. The zero-order chi connectivity index (χ0) is 16.4. The maximum atomic E-state index is 12.4. The van der Waals surface area contributed by atoms with E-state index in [2.05, 4.69) is 5.32 Å². The lowest BCUT2D eigenvalue weighted by atomic mass is 9.88. The van der Waals surface area contributed by atoms with Crippen LogP contribution in [0.2, 0.25) is 0 Å². The molecule has 3 atom stereocenters. The highest BCUT2D eigenvalue weighted by molar-refractivity contribution is 5.96. The van der Waals surface area contributed by atoms with Crippen molar-refractivity contribution in [2.24, 2.45) is 17.8 Å². The molecule has 124 valence electrons. The lowest BCUT2D eigenvalue weighted by molar-refractivity contribution is -0.121. The second-order valence-electron chi connectivity index (χ2n) is 6.83. The number of benzene rings is 1. The number of nitrogens with one attached hydrogen (secondary N) is 1. The quantitative estimate of drug-likeness (QED) is 0.903. The average molecular weight is 314 g/mol. The van der Waals surface area contributed by atoms with Crippen LogP contribution in [0.25, 0.3) is 0 Å².